The molecule has 0 spiro atoms. The lowest BCUT2D eigenvalue weighted by atomic mass is 10.1. The largest absolute Gasteiger partial charge is 0.383 e. The van der Waals surface area contributed by atoms with E-state index in [2.05, 4.69) is 28.5 Å². The number of amides is 1. The van der Waals surface area contributed by atoms with Crippen molar-refractivity contribution in [2.24, 2.45) is 0 Å². The van der Waals surface area contributed by atoms with Crippen LogP contribution in [-0.4, -0.2) is 66.2 Å². The summed E-state index contributed by atoms with van der Waals surface area (Å²) in [6.07, 6.45) is 4.51. The maximum atomic E-state index is 12.6. The highest BCUT2D eigenvalue weighted by atomic mass is 16.5. The maximum absolute atomic E-state index is 12.6. The fourth-order valence-electron chi connectivity index (χ4n) is 3.34. The van der Waals surface area contributed by atoms with Crippen LogP contribution in [0.2, 0.25) is 0 Å². The molecular weight excluding hydrogens is 314 g/mol. The molecule has 5 nitrogen and oxygen atoms in total. The van der Waals surface area contributed by atoms with Crippen LogP contribution in [-0.2, 0) is 16.0 Å². The Hall–Kier alpha value is -2.11. The Morgan fingerprint density at radius 3 is 2.52 bits per heavy atom. The number of carbonyl (C=O) groups excluding carboxylic acids is 1. The summed E-state index contributed by atoms with van der Waals surface area (Å²) in [4.78, 5) is 17.0. The second-order valence-corrected chi connectivity index (χ2v) is 6.65. The smallest absolute Gasteiger partial charge is 0.227 e. The number of nitrogens with zero attached hydrogens (tertiary/aromatic N) is 3. The van der Waals surface area contributed by atoms with Gasteiger partial charge in [-0.25, -0.2) is 0 Å². The van der Waals surface area contributed by atoms with Crippen molar-refractivity contribution in [3.8, 4) is 5.69 Å². The van der Waals surface area contributed by atoms with E-state index in [1.165, 1.54) is 0 Å². The van der Waals surface area contributed by atoms with Gasteiger partial charge in [-0.2, -0.15) is 0 Å². The standard InChI is InChI=1S/C20H27N3O2/c1-17-16-23(12-11-21(17)13-14-25-2)20(24)15-18-5-7-19(8-6-18)22-9-3-4-10-22/h3-10,17H,11-16H2,1-2H3. The van der Waals surface area contributed by atoms with Gasteiger partial charge < -0.3 is 14.2 Å². The molecule has 2 heterocycles. The van der Waals surface area contributed by atoms with Gasteiger partial charge in [-0.3, -0.25) is 9.69 Å². The van der Waals surface area contributed by atoms with Crippen molar-refractivity contribution in [1.82, 2.24) is 14.4 Å². The molecule has 1 unspecified atom stereocenters. The molecule has 1 aromatic heterocycles. The number of hydrogen-bond donors (Lipinski definition) is 0. The SMILES string of the molecule is COCCN1CCN(C(=O)Cc2ccc(-n3cccc3)cc2)CC1C. The Bertz CT molecular complexity index is 667. The van der Waals surface area contributed by atoms with Crippen molar-refractivity contribution in [3.05, 3.63) is 54.4 Å². The van der Waals surface area contributed by atoms with Crippen LogP contribution in [0.1, 0.15) is 12.5 Å². The zero-order chi connectivity index (χ0) is 17.6. The normalized spacial score (nSPS) is 18.5. The van der Waals surface area contributed by atoms with Gasteiger partial charge in [0.1, 0.15) is 0 Å². The van der Waals surface area contributed by atoms with Crippen molar-refractivity contribution in [3.63, 3.8) is 0 Å². The summed E-state index contributed by atoms with van der Waals surface area (Å²) in [5, 5.41) is 0. The first-order valence-corrected chi connectivity index (χ1v) is 8.90. The summed E-state index contributed by atoms with van der Waals surface area (Å²) in [6.45, 7) is 6.37. The van der Waals surface area contributed by atoms with Gasteiger partial charge in [-0.05, 0) is 36.8 Å². The quantitative estimate of drug-likeness (QED) is 0.808. The van der Waals surface area contributed by atoms with Crippen molar-refractivity contribution in [2.45, 2.75) is 19.4 Å². The van der Waals surface area contributed by atoms with Crippen LogP contribution < -0.4 is 0 Å². The lowest BCUT2D eigenvalue weighted by Gasteiger charge is -2.39. The average Bonchev–Trinajstić information content (AvgIpc) is 3.16. The molecule has 5 heteroatoms. The van der Waals surface area contributed by atoms with Crippen LogP contribution in [0.15, 0.2) is 48.8 Å². The first-order valence-electron chi connectivity index (χ1n) is 8.90. The van der Waals surface area contributed by atoms with Crippen molar-refractivity contribution in [1.29, 1.82) is 0 Å². The Balaban J connectivity index is 1.54. The number of methoxy groups -OCH3 is 1. The molecule has 1 aliphatic rings. The zero-order valence-electron chi connectivity index (χ0n) is 15.1. The van der Waals surface area contributed by atoms with Crippen molar-refractivity contribution < 1.29 is 9.53 Å². The van der Waals surface area contributed by atoms with Crippen LogP contribution >= 0.6 is 0 Å². The van der Waals surface area contributed by atoms with Crippen LogP contribution in [0.4, 0.5) is 0 Å². The topological polar surface area (TPSA) is 37.7 Å². The molecule has 1 atom stereocenters. The minimum absolute atomic E-state index is 0.215. The Morgan fingerprint density at radius 2 is 1.88 bits per heavy atom. The molecule has 0 aliphatic carbocycles. The first kappa shape index (κ1) is 17.7. The van der Waals surface area contributed by atoms with Crippen LogP contribution in [0.3, 0.4) is 0 Å². The summed E-state index contributed by atoms with van der Waals surface area (Å²) in [5.41, 5.74) is 2.18. The van der Waals surface area contributed by atoms with Gasteiger partial charge in [0.25, 0.3) is 0 Å². The summed E-state index contributed by atoms with van der Waals surface area (Å²) < 4.78 is 7.22. The molecule has 0 radical (unpaired) electrons. The zero-order valence-corrected chi connectivity index (χ0v) is 15.1. The number of aromatic nitrogens is 1. The Kier molecular flexibility index (Phi) is 5.89. The number of ether oxygens (including phenoxy) is 1. The van der Waals surface area contributed by atoms with E-state index in [1.54, 1.807) is 7.11 Å². The Morgan fingerprint density at radius 1 is 1.16 bits per heavy atom. The monoisotopic (exact) mass is 341 g/mol. The molecule has 1 fully saturated rings. The molecule has 0 bridgehead atoms. The van der Waals surface area contributed by atoms with E-state index in [9.17, 15) is 4.79 Å². The van der Waals surface area contributed by atoms with Gasteiger partial charge in [0.15, 0.2) is 0 Å². The van der Waals surface area contributed by atoms with Gasteiger partial charge >= 0.3 is 0 Å². The highest BCUT2D eigenvalue weighted by molar-refractivity contribution is 5.79. The second kappa shape index (κ2) is 8.32. The molecule has 0 saturated carbocycles. The highest BCUT2D eigenvalue weighted by Crippen LogP contribution is 2.14. The molecular formula is C20H27N3O2. The summed E-state index contributed by atoms with van der Waals surface area (Å²) in [6, 6.07) is 12.6. The summed E-state index contributed by atoms with van der Waals surface area (Å²) in [7, 11) is 1.73. The molecule has 1 saturated heterocycles. The second-order valence-electron chi connectivity index (χ2n) is 6.65. The van der Waals surface area contributed by atoms with Gasteiger partial charge in [0.2, 0.25) is 5.91 Å². The van der Waals surface area contributed by atoms with E-state index >= 15 is 0 Å². The van der Waals surface area contributed by atoms with Crippen molar-refractivity contribution >= 4 is 5.91 Å². The van der Waals surface area contributed by atoms with E-state index in [1.807, 2.05) is 41.6 Å². The number of piperazine rings is 1. The van der Waals surface area contributed by atoms with E-state index in [4.69, 9.17) is 4.74 Å². The lowest BCUT2D eigenvalue weighted by Crippen LogP contribution is -2.54. The average molecular weight is 341 g/mol. The lowest BCUT2D eigenvalue weighted by molar-refractivity contribution is -0.133. The number of rotatable bonds is 6. The van der Waals surface area contributed by atoms with Gasteiger partial charge in [0, 0.05) is 57.4 Å². The van der Waals surface area contributed by atoms with Crippen LogP contribution in [0.5, 0.6) is 0 Å². The molecule has 3 rings (SSSR count). The van der Waals surface area contributed by atoms with E-state index in [-0.39, 0.29) is 5.91 Å². The summed E-state index contributed by atoms with van der Waals surface area (Å²) >= 11 is 0. The maximum Gasteiger partial charge on any atom is 0.227 e. The predicted octanol–water partition coefficient (Wildman–Crippen LogP) is 2.20. The number of carbonyl (C=O) groups is 1. The minimum atomic E-state index is 0.215. The first-order chi connectivity index (χ1) is 12.2. The van der Waals surface area contributed by atoms with Crippen LogP contribution in [0, 0.1) is 0 Å². The van der Waals surface area contributed by atoms with Gasteiger partial charge in [0.05, 0.1) is 13.0 Å². The Labute approximate surface area is 149 Å². The van der Waals surface area contributed by atoms with E-state index < -0.39 is 0 Å². The summed E-state index contributed by atoms with van der Waals surface area (Å²) in [5.74, 6) is 0.215. The molecule has 1 aliphatic heterocycles. The number of hydrogen-bond acceptors (Lipinski definition) is 3. The fraction of sp³-hybridized carbons (Fsp3) is 0.450. The van der Waals surface area contributed by atoms with E-state index in [0.29, 0.717) is 12.5 Å². The highest BCUT2D eigenvalue weighted by Gasteiger charge is 2.26. The fourth-order valence-corrected chi connectivity index (χ4v) is 3.34. The van der Waals surface area contributed by atoms with Gasteiger partial charge in [-0.15, -0.1) is 0 Å². The molecule has 1 aromatic carbocycles. The van der Waals surface area contributed by atoms with Gasteiger partial charge in [-0.1, -0.05) is 12.1 Å². The van der Waals surface area contributed by atoms with Crippen LogP contribution in [0.25, 0.3) is 5.69 Å². The predicted molar refractivity (Wildman–Crippen MR) is 99.0 cm³/mol. The van der Waals surface area contributed by atoms with Crippen molar-refractivity contribution in [2.75, 3.05) is 39.9 Å². The number of benzene rings is 1. The molecule has 25 heavy (non-hydrogen) atoms. The third kappa shape index (κ3) is 4.50. The molecule has 0 N–H and O–H groups in total. The molecule has 2 aromatic rings. The third-order valence-corrected chi connectivity index (χ3v) is 4.89. The third-order valence-electron chi connectivity index (χ3n) is 4.89. The molecule has 134 valence electrons. The minimum Gasteiger partial charge on any atom is -0.383 e. The van der Waals surface area contributed by atoms with E-state index in [0.717, 1.165) is 44.0 Å². The molecule has 1 amide bonds.